The van der Waals surface area contributed by atoms with Gasteiger partial charge in [-0.05, 0) is 61.4 Å². The first-order valence-electron chi connectivity index (χ1n) is 12.1. The number of allylic oxidation sites excluding steroid dienone is 2. The minimum absolute atomic E-state index is 0.0846. The number of imidazole rings is 1. The molecule has 6 rings (SSSR count). The fraction of sp³-hybridized carbons (Fsp3) is 0.286. The summed E-state index contributed by atoms with van der Waals surface area (Å²) in [6.07, 6.45) is 7.09. The second kappa shape index (κ2) is 8.41. The van der Waals surface area contributed by atoms with E-state index >= 15 is 0 Å². The number of hydrogen-bond acceptors (Lipinski definition) is 4. The average molecular weight is 471 g/mol. The first-order valence-corrected chi connectivity index (χ1v) is 12.1. The maximum atomic E-state index is 14.6. The van der Waals surface area contributed by atoms with Crippen LogP contribution in [0.2, 0.25) is 0 Å². The van der Waals surface area contributed by atoms with Crippen LogP contribution in [0, 0.1) is 12.8 Å². The molecule has 0 fully saturated rings. The van der Waals surface area contributed by atoms with Crippen molar-refractivity contribution >= 4 is 16.9 Å². The molecule has 0 bridgehead atoms. The van der Waals surface area contributed by atoms with Crippen LogP contribution < -0.4 is 4.74 Å². The van der Waals surface area contributed by atoms with Crippen molar-refractivity contribution in [3.8, 4) is 16.9 Å². The molecule has 2 unspecified atom stereocenters. The van der Waals surface area contributed by atoms with Gasteiger partial charge in [-0.3, -0.25) is 4.79 Å². The van der Waals surface area contributed by atoms with Crippen LogP contribution in [0.25, 0.3) is 22.2 Å². The average Bonchev–Trinajstić information content (AvgIpc) is 3.35. The summed E-state index contributed by atoms with van der Waals surface area (Å²) in [5.41, 5.74) is 5.58. The number of likely N-dealkylation sites (N-methyl/N-ethyl adjacent to an activating group) is 1. The van der Waals surface area contributed by atoms with Crippen molar-refractivity contribution < 1.29 is 13.9 Å². The lowest BCUT2D eigenvalue weighted by Crippen LogP contribution is -2.41. The van der Waals surface area contributed by atoms with E-state index in [1.165, 1.54) is 6.08 Å². The number of halogens is 1. The number of aromatic amines is 1. The number of aryl methyl sites for hydroxylation is 1. The lowest BCUT2D eigenvalue weighted by Gasteiger charge is -2.32. The Labute approximate surface area is 203 Å². The van der Waals surface area contributed by atoms with E-state index in [4.69, 9.17) is 4.74 Å². The third-order valence-corrected chi connectivity index (χ3v) is 7.05. The number of H-pyrrole nitrogens is 1. The quantitative estimate of drug-likeness (QED) is 0.592. The van der Waals surface area contributed by atoms with E-state index in [9.17, 15) is 9.18 Å². The number of carbonyl (C=O) groups is 1. The van der Waals surface area contributed by atoms with Gasteiger partial charge in [0.1, 0.15) is 24.0 Å². The number of benzene rings is 2. The highest BCUT2D eigenvalue weighted by Crippen LogP contribution is 2.37. The number of carbonyl (C=O) groups excluding carboxylic acids is 1. The summed E-state index contributed by atoms with van der Waals surface area (Å²) in [5.74, 6) is 1.27. The van der Waals surface area contributed by atoms with Gasteiger partial charge in [0.15, 0.2) is 0 Å². The first kappa shape index (κ1) is 21.6. The molecule has 6 nitrogen and oxygen atoms in total. The second-order valence-electron chi connectivity index (χ2n) is 9.25. The fourth-order valence-corrected chi connectivity index (χ4v) is 5.38. The molecular formula is C28H27FN4O2. The van der Waals surface area contributed by atoms with Crippen LogP contribution in [-0.4, -0.2) is 51.4 Å². The molecule has 35 heavy (non-hydrogen) atoms. The number of hydrogen-bond donors (Lipinski definition) is 1. The molecule has 7 heteroatoms. The highest BCUT2D eigenvalue weighted by molar-refractivity contribution is 5.94. The van der Waals surface area contributed by atoms with Crippen LogP contribution in [-0.2, 0) is 11.3 Å². The van der Waals surface area contributed by atoms with Crippen LogP contribution in [0.3, 0.4) is 0 Å². The molecule has 3 heterocycles. The van der Waals surface area contributed by atoms with E-state index in [1.807, 2.05) is 54.0 Å². The smallest absolute Gasteiger partial charge is 0.270 e. The molecule has 3 aromatic rings. The predicted octanol–water partition coefficient (Wildman–Crippen LogP) is 4.89. The second-order valence-corrected chi connectivity index (χ2v) is 9.25. The molecule has 178 valence electrons. The topological polar surface area (TPSA) is 61.5 Å². The Morgan fingerprint density at radius 2 is 2.06 bits per heavy atom. The Balaban J connectivity index is 1.29. The Morgan fingerprint density at radius 1 is 1.23 bits per heavy atom. The van der Waals surface area contributed by atoms with Crippen LogP contribution in [0.1, 0.15) is 18.3 Å². The van der Waals surface area contributed by atoms with Crippen molar-refractivity contribution in [2.75, 3.05) is 19.7 Å². The molecule has 0 spiro atoms. The molecule has 1 amide bonds. The molecule has 2 aliphatic heterocycles. The van der Waals surface area contributed by atoms with Crippen LogP contribution in [0.15, 0.2) is 72.2 Å². The largest absolute Gasteiger partial charge is 0.491 e. The maximum absolute atomic E-state index is 14.6. The minimum Gasteiger partial charge on any atom is -0.491 e. The summed E-state index contributed by atoms with van der Waals surface area (Å²) >= 11 is 0. The molecule has 1 aliphatic carbocycles. The zero-order valence-corrected chi connectivity index (χ0v) is 19.8. The van der Waals surface area contributed by atoms with Crippen molar-refractivity contribution in [1.82, 2.24) is 19.8 Å². The highest BCUT2D eigenvalue weighted by atomic mass is 19.1. The van der Waals surface area contributed by atoms with Gasteiger partial charge < -0.3 is 19.5 Å². The first-order chi connectivity index (χ1) is 17.0. The number of amides is 1. The molecule has 0 radical (unpaired) electrons. The number of aromatic nitrogens is 2. The summed E-state index contributed by atoms with van der Waals surface area (Å²) < 4.78 is 20.6. The van der Waals surface area contributed by atoms with Crippen molar-refractivity contribution in [2.24, 2.45) is 5.92 Å². The van der Waals surface area contributed by atoms with Gasteiger partial charge >= 0.3 is 0 Å². The van der Waals surface area contributed by atoms with Gasteiger partial charge in [0.2, 0.25) is 0 Å². The van der Waals surface area contributed by atoms with Gasteiger partial charge in [-0.2, -0.15) is 0 Å². The highest BCUT2D eigenvalue weighted by Gasteiger charge is 2.40. The van der Waals surface area contributed by atoms with Gasteiger partial charge in [0.25, 0.3) is 5.91 Å². The molecule has 2 atom stereocenters. The molecule has 1 N–H and O–H groups in total. The van der Waals surface area contributed by atoms with Gasteiger partial charge in [0, 0.05) is 24.6 Å². The maximum Gasteiger partial charge on any atom is 0.270 e. The van der Waals surface area contributed by atoms with Crippen molar-refractivity contribution in [3.05, 3.63) is 83.6 Å². The van der Waals surface area contributed by atoms with Gasteiger partial charge in [-0.1, -0.05) is 24.3 Å². The van der Waals surface area contributed by atoms with E-state index in [-0.39, 0.29) is 17.7 Å². The summed E-state index contributed by atoms with van der Waals surface area (Å²) in [6.45, 7) is 5.79. The molecule has 1 aromatic heterocycles. The molecular weight excluding hydrogens is 443 g/mol. The number of nitrogens with zero attached hydrogens (tertiary/aromatic N) is 3. The number of nitrogens with one attached hydrogen (secondary N) is 1. The van der Waals surface area contributed by atoms with E-state index in [1.54, 1.807) is 6.08 Å². The molecule has 3 aliphatic rings. The zero-order valence-electron chi connectivity index (χ0n) is 19.8. The number of fused-ring (bicyclic) bond motifs is 3. The van der Waals surface area contributed by atoms with Gasteiger partial charge in [-0.15, -0.1) is 0 Å². The van der Waals surface area contributed by atoms with E-state index in [0.717, 1.165) is 39.3 Å². The Hall–Kier alpha value is -3.87. The van der Waals surface area contributed by atoms with Crippen LogP contribution in [0.4, 0.5) is 4.39 Å². The standard InChI is InChI=1S/C28H27FN4O2/c1-3-33-25(15-20-5-4-6-22(29)27(20)33)28(34)32-11-12-35-26-10-8-18(13-21(26)16-32)19-7-9-23-24(14-19)31-17(2)30-23/h4-10,13-15,20,27H,3,11-12,16H2,1-2H3,(H,30,31). The third-order valence-electron chi connectivity index (χ3n) is 7.05. The van der Waals surface area contributed by atoms with Crippen molar-refractivity contribution in [2.45, 2.75) is 26.4 Å². The number of rotatable bonds is 3. The van der Waals surface area contributed by atoms with E-state index in [0.29, 0.717) is 31.9 Å². The SMILES string of the molecule is CCN1C(C(=O)N2CCOc3ccc(-c4ccc5nc(C)[nH]c5c4)cc3C2)=CC2C=CC=C(F)C21. The molecule has 0 saturated carbocycles. The van der Waals surface area contributed by atoms with Gasteiger partial charge in [-0.25, -0.2) is 9.37 Å². The normalized spacial score (nSPS) is 21.2. The summed E-state index contributed by atoms with van der Waals surface area (Å²) in [5, 5.41) is 0. The third kappa shape index (κ3) is 3.71. The monoisotopic (exact) mass is 470 g/mol. The Bertz CT molecular complexity index is 1420. The van der Waals surface area contributed by atoms with Crippen molar-refractivity contribution in [3.63, 3.8) is 0 Å². The van der Waals surface area contributed by atoms with Gasteiger partial charge in [0.05, 0.1) is 29.3 Å². The van der Waals surface area contributed by atoms with Crippen molar-refractivity contribution in [1.29, 1.82) is 0 Å². The van der Waals surface area contributed by atoms with E-state index in [2.05, 4.69) is 28.2 Å². The predicted molar refractivity (Wildman–Crippen MR) is 133 cm³/mol. The zero-order chi connectivity index (χ0) is 24.1. The lowest BCUT2D eigenvalue weighted by atomic mass is 9.96. The summed E-state index contributed by atoms with van der Waals surface area (Å²) in [7, 11) is 0. The summed E-state index contributed by atoms with van der Waals surface area (Å²) in [4.78, 5) is 25.1. The van der Waals surface area contributed by atoms with Crippen LogP contribution >= 0.6 is 0 Å². The summed E-state index contributed by atoms with van der Waals surface area (Å²) in [6, 6.07) is 11.9. The minimum atomic E-state index is -0.424. The Kier molecular flexibility index (Phi) is 5.20. The molecule has 2 aromatic carbocycles. The Morgan fingerprint density at radius 3 is 2.91 bits per heavy atom. The fourth-order valence-electron chi connectivity index (χ4n) is 5.38. The van der Waals surface area contributed by atoms with Crippen LogP contribution in [0.5, 0.6) is 5.75 Å². The lowest BCUT2D eigenvalue weighted by molar-refractivity contribution is -0.129. The molecule has 0 saturated heterocycles. The van der Waals surface area contributed by atoms with E-state index < -0.39 is 6.04 Å². The number of ether oxygens (including phenoxy) is 1.